The maximum absolute atomic E-state index is 13.1. The maximum atomic E-state index is 13.1. The number of amides is 1. The van der Waals surface area contributed by atoms with Gasteiger partial charge in [0, 0.05) is 44.0 Å². The lowest BCUT2D eigenvalue weighted by Gasteiger charge is -2.36. The van der Waals surface area contributed by atoms with Gasteiger partial charge in [-0.05, 0) is 45.0 Å². The molecular weight excluding hydrogens is 408 g/mol. The summed E-state index contributed by atoms with van der Waals surface area (Å²) < 4.78 is 12.5. The van der Waals surface area contributed by atoms with E-state index in [9.17, 15) is 4.79 Å². The van der Waals surface area contributed by atoms with Crippen LogP contribution in [0.2, 0.25) is 0 Å². The molecule has 3 aromatic rings. The van der Waals surface area contributed by atoms with Gasteiger partial charge in [-0.1, -0.05) is 0 Å². The van der Waals surface area contributed by atoms with Gasteiger partial charge in [0.05, 0.1) is 23.1 Å². The molecule has 166 valence electrons. The second-order valence-corrected chi connectivity index (χ2v) is 8.29. The first-order valence-corrected chi connectivity index (χ1v) is 10.8. The molecule has 0 radical (unpaired) electrons. The van der Waals surface area contributed by atoms with Gasteiger partial charge in [-0.2, -0.15) is 5.10 Å². The summed E-state index contributed by atoms with van der Waals surface area (Å²) in [5.74, 6) is 1.84. The molecule has 2 aliphatic rings. The van der Waals surface area contributed by atoms with E-state index in [1.807, 2.05) is 36.1 Å². The van der Waals surface area contributed by atoms with E-state index in [0.29, 0.717) is 23.3 Å². The van der Waals surface area contributed by atoms with Crippen LogP contribution in [0.3, 0.4) is 0 Å². The molecule has 0 atom stereocenters. The summed E-state index contributed by atoms with van der Waals surface area (Å²) in [7, 11) is 0. The zero-order valence-electron chi connectivity index (χ0n) is 18.5. The first kappa shape index (κ1) is 20.4. The Morgan fingerprint density at radius 1 is 1.06 bits per heavy atom. The molecule has 9 nitrogen and oxygen atoms in total. The molecule has 0 bridgehead atoms. The van der Waals surface area contributed by atoms with Crippen molar-refractivity contribution >= 4 is 5.91 Å². The number of hydrogen-bond donors (Lipinski definition) is 0. The second-order valence-electron chi connectivity index (χ2n) is 8.29. The van der Waals surface area contributed by atoms with Crippen molar-refractivity contribution in [3.63, 3.8) is 0 Å². The minimum atomic E-state index is 0.00378. The first-order chi connectivity index (χ1) is 15.5. The molecule has 1 aromatic carbocycles. The van der Waals surface area contributed by atoms with Crippen LogP contribution >= 0.6 is 0 Å². The van der Waals surface area contributed by atoms with Gasteiger partial charge in [-0.25, -0.2) is 14.6 Å². The molecule has 2 aromatic heterocycles. The standard InChI is InChI=1S/C23H26N6O3/c1-15(2)27-8-10-28(11-9-27)22(30)18-13-25-29(16(18)3)23-24-7-6-19(26-23)17-4-5-20-21(12-17)32-14-31-20/h4-7,12-13,15H,8-11,14H2,1-3H3. The molecule has 32 heavy (non-hydrogen) atoms. The van der Waals surface area contributed by atoms with Gasteiger partial charge < -0.3 is 14.4 Å². The Morgan fingerprint density at radius 3 is 2.62 bits per heavy atom. The monoisotopic (exact) mass is 434 g/mol. The largest absolute Gasteiger partial charge is 0.454 e. The number of piperazine rings is 1. The van der Waals surface area contributed by atoms with Crippen LogP contribution < -0.4 is 9.47 Å². The van der Waals surface area contributed by atoms with Crippen LogP contribution in [-0.4, -0.2) is 74.5 Å². The zero-order chi connectivity index (χ0) is 22.2. The van der Waals surface area contributed by atoms with E-state index in [2.05, 4.69) is 33.8 Å². The summed E-state index contributed by atoms with van der Waals surface area (Å²) in [6.45, 7) is 9.68. The van der Waals surface area contributed by atoms with E-state index in [1.165, 1.54) is 0 Å². The van der Waals surface area contributed by atoms with Gasteiger partial charge in [0.1, 0.15) is 0 Å². The van der Waals surface area contributed by atoms with E-state index in [4.69, 9.17) is 9.47 Å². The van der Waals surface area contributed by atoms with Crippen molar-refractivity contribution in [3.8, 4) is 28.7 Å². The summed E-state index contributed by atoms with van der Waals surface area (Å²) in [5, 5.41) is 4.43. The topological polar surface area (TPSA) is 85.6 Å². The molecule has 0 aliphatic carbocycles. The van der Waals surface area contributed by atoms with Crippen LogP contribution in [0.15, 0.2) is 36.7 Å². The lowest BCUT2D eigenvalue weighted by Crippen LogP contribution is -2.50. The Bertz CT molecular complexity index is 1150. The number of rotatable bonds is 4. The van der Waals surface area contributed by atoms with Crippen molar-refractivity contribution < 1.29 is 14.3 Å². The molecule has 0 unspecified atom stereocenters. The van der Waals surface area contributed by atoms with Gasteiger partial charge in [0.15, 0.2) is 11.5 Å². The van der Waals surface area contributed by atoms with E-state index >= 15 is 0 Å². The van der Waals surface area contributed by atoms with Crippen molar-refractivity contribution in [1.82, 2.24) is 29.5 Å². The number of nitrogens with zero attached hydrogens (tertiary/aromatic N) is 6. The van der Waals surface area contributed by atoms with Gasteiger partial charge >= 0.3 is 0 Å². The summed E-state index contributed by atoms with van der Waals surface area (Å²) in [6.07, 6.45) is 3.30. The summed E-state index contributed by atoms with van der Waals surface area (Å²) >= 11 is 0. The highest BCUT2D eigenvalue weighted by molar-refractivity contribution is 5.95. The fourth-order valence-electron chi connectivity index (χ4n) is 4.10. The Hall–Kier alpha value is -3.46. The molecule has 5 rings (SSSR count). The van der Waals surface area contributed by atoms with E-state index < -0.39 is 0 Å². The summed E-state index contributed by atoms with van der Waals surface area (Å²) in [5.41, 5.74) is 2.94. The molecule has 2 aliphatic heterocycles. The fourth-order valence-corrected chi connectivity index (χ4v) is 4.10. The van der Waals surface area contributed by atoms with Gasteiger partial charge in [0.25, 0.3) is 11.9 Å². The summed E-state index contributed by atoms with van der Waals surface area (Å²) in [4.78, 5) is 26.5. The molecular formula is C23H26N6O3. The third kappa shape index (κ3) is 3.69. The van der Waals surface area contributed by atoms with Crippen LogP contribution in [0.1, 0.15) is 29.9 Å². The van der Waals surface area contributed by atoms with Crippen LogP contribution in [0.5, 0.6) is 11.5 Å². The van der Waals surface area contributed by atoms with Crippen molar-refractivity contribution in [2.24, 2.45) is 0 Å². The van der Waals surface area contributed by atoms with Crippen molar-refractivity contribution in [3.05, 3.63) is 47.9 Å². The fraction of sp³-hybridized carbons (Fsp3) is 0.391. The maximum Gasteiger partial charge on any atom is 0.257 e. The Morgan fingerprint density at radius 2 is 1.84 bits per heavy atom. The number of aromatic nitrogens is 4. The van der Waals surface area contributed by atoms with E-state index in [1.54, 1.807) is 17.1 Å². The normalized spacial score (nSPS) is 16.1. The number of ether oxygens (including phenoxy) is 2. The Labute approximate surface area is 186 Å². The Balaban J connectivity index is 1.38. The average Bonchev–Trinajstić information content (AvgIpc) is 3.44. The minimum absolute atomic E-state index is 0.00378. The van der Waals surface area contributed by atoms with Crippen molar-refractivity contribution in [2.45, 2.75) is 26.8 Å². The molecule has 9 heteroatoms. The van der Waals surface area contributed by atoms with Crippen molar-refractivity contribution in [2.75, 3.05) is 33.0 Å². The third-order valence-corrected chi connectivity index (χ3v) is 6.07. The lowest BCUT2D eigenvalue weighted by atomic mass is 10.1. The highest BCUT2D eigenvalue weighted by Gasteiger charge is 2.26. The highest BCUT2D eigenvalue weighted by Crippen LogP contribution is 2.35. The predicted molar refractivity (Wildman–Crippen MR) is 118 cm³/mol. The van der Waals surface area contributed by atoms with Crippen LogP contribution in [-0.2, 0) is 0 Å². The third-order valence-electron chi connectivity index (χ3n) is 6.07. The van der Waals surface area contributed by atoms with E-state index in [-0.39, 0.29) is 12.7 Å². The molecule has 1 saturated heterocycles. The smallest absolute Gasteiger partial charge is 0.257 e. The zero-order valence-corrected chi connectivity index (χ0v) is 18.5. The number of carbonyl (C=O) groups is 1. The van der Waals surface area contributed by atoms with Crippen molar-refractivity contribution in [1.29, 1.82) is 0 Å². The molecule has 1 amide bonds. The highest BCUT2D eigenvalue weighted by atomic mass is 16.7. The van der Waals surface area contributed by atoms with Gasteiger partial charge in [-0.3, -0.25) is 9.69 Å². The second kappa shape index (κ2) is 8.23. The van der Waals surface area contributed by atoms with Gasteiger partial charge in [0.2, 0.25) is 6.79 Å². The molecule has 0 N–H and O–H groups in total. The Kier molecular flexibility index (Phi) is 5.26. The molecule has 1 fully saturated rings. The first-order valence-electron chi connectivity index (χ1n) is 10.8. The van der Waals surface area contributed by atoms with Crippen LogP contribution in [0, 0.1) is 6.92 Å². The number of fused-ring (bicyclic) bond motifs is 1. The van der Waals surface area contributed by atoms with Crippen LogP contribution in [0.25, 0.3) is 17.2 Å². The average molecular weight is 435 g/mol. The predicted octanol–water partition coefficient (Wildman–Crippen LogP) is 2.53. The minimum Gasteiger partial charge on any atom is -0.454 e. The number of benzene rings is 1. The molecule has 0 spiro atoms. The van der Waals surface area contributed by atoms with E-state index in [0.717, 1.165) is 48.9 Å². The molecule has 0 saturated carbocycles. The lowest BCUT2D eigenvalue weighted by molar-refractivity contribution is 0.0594. The number of hydrogen-bond acceptors (Lipinski definition) is 7. The quantitative estimate of drug-likeness (QED) is 0.624. The summed E-state index contributed by atoms with van der Waals surface area (Å²) in [6, 6.07) is 8.03. The SMILES string of the molecule is Cc1c(C(=O)N2CCN(C(C)C)CC2)cnn1-c1nccc(-c2ccc3c(c2)OCO3)n1. The molecule has 4 heterocycles. The number of carbonyl (C=O) groups excluding carboxylic acids is 1. The van der Waals surface area contributed by atoms with Gasteiger partial charge in [-0.15, -0.1) is 0 Å². The van der Waals surface area contributed by atoms with Crippen LogP contribution in [0.4, 0.5) is 0 Å².